The van der Waals surface area contributed by atoms with Gasteiger partial charge in [-0.2, -0.15) is 5.26 Å². The first-order valence-electron chi connectivity index (χ1n) is 14.6. The molecule has 1 atom stereocenters. The van der Waals surface area contributed by atoms with Gasteiger partial charge in [-0.15, -0.1) is 0 Å². The Balaban J connectivity index is 1.11. The fourth-order valence-electron chi connectivity index (χ4n) is 5.59. The Kier molecular flexibility index (Phi) is 8.97. The molecule has 43 heavy (non-hydrogen) atoms. The van der Waals surface area contributed by atoms with E-state index in [-0.39, 0.29) is 11.7 Å². The summed E-state index contributed by atoms with van der Waals surface area (Å²) in [5.41, 5.74) is 4.58. The number of aryl methyl sites for hydroxylation is 1. The minimum absolute atomic E-state index is 0.0127. The quantitative estimate of drug-likeness (QED) is 0.199. The summed E-state index contributed by atoms with van der Waals surface area (Å²) in [7, 11) is 0. The van der Waals surface area contributed by atoms with Crippen LogP contribution in [0, 0.1) is 17.2 Å². The van der Waals surface area contributed by atoms with E-state index in [9.17, 15) is 19.6 Å². The number of benzene rings is 2. The van der Waals surface area contributed by atoms with Gasteiger partial charge in [0.15, 0.2) is 5.76 Å². The molecule has 0 spiro atoms. The summed E-state index contributed by atoms with van der Waals surface area (Å²) in [6.07, 6.45) is 3.88. The second kappa shape index (κ2) is 13.0. The lowest BCUT2D eigenvalue weighted by Crippen LogP contribution is -2.50. The Hall–Kier alpha value is -4.82. The van der Waals surface area contributed by atoms with Crippen molar-refractivity contribution in [2.24, 2.45) is 5.92 Å². The van der Waals surface area contributed by atoms with Crippen molar-refractivity contribution >= 4 is 45.5 Å². The Morgan fingerprint density at radius 2 is 1.86 bits per heavy atom. The summed E-state index contributed by atoms with van der Waals surface area (Å²) in [6.45, 7) is 8.10. The first kappa shape index (κ1) is 29.7. The van der Waals surface area contributed by atoms with Gasteiger partial charge in [-0.3, -0.25) is 19.8 Å². The standard InChI is InChI=1S/C32H36N6O5/c1-20(2)29(35-32(41)42)31(40)36-30(39)28-17-23-16-24(7-9-27(23)43-28)38-13-11-37(12-14-38)10-4-3-5-22-19-34-26-8-6-21(18-33)15-25(22)26/h6-9,15-17,19-20,29,34-35H,3-5,10-14H2,1-2H3,(H,41,42)(H,36,39,40). The van der Waals surface area contributed by atoms with Gasteiger partial charge in [-0.05, 0) is 79.8 Å². The number of furan rings is 1. The Bertz CT molecular complexity index is 1670. The van der Waals surface area contributed by atoms with E-state index >= 15 is 0 Å². The smallest absolute Gasteiger partial charge is 0.405 e. The number of rotatable bonds is 10. The van der Waals surface area contributed by atoms with Crippen LogP contribution >= 0.6 is 0 Å². The second-order valence-electron chi connectivity index (χ2n) is 11.3. The van der Waals surface area contributed by atoms with E-state index < -0.39 is 23.9 Å². The van der Waals surface area contributed by atoms with Crippen LogP contribution in [-0.2, 0) is 11.2 Å². The van der Waals surface area contributed by atoms with Crippen LogP contribution in [0.25, 0.3) is 21.9 Å². The van der Waals surface area contributed by atoms with Crippen LogP contribution in [0.4, 0.5) is 10.5 Å². The highest BCUT2D eigenvalue weighted by Crippen LogP contribution is 2.26. The number of H-pyrrole nitrogens is 1. The van der Waals surface area contributed by atoms with Gasteiger partial charge >= 0.3 is 6.09 Å². The molecule has 224 valence electrons. The number of hydrogen-bond donors (Lipinski definition) is 4. The number of carbonyl (C=O) groups excluding carboxylic acids is 2. The molecule has 1 saturated heterocycles. The topological polar surface area (TPSA) is 155 Å². The number of piperazine rings is 1. The average Bonchev–Trinajstić information content (AvgIpc) is 3.61. The van der Waals surface area contributed by atoms with Crippen LogP contribution in [0.3, 0.4) is 0 Å². The van der Waals surface area contributed by atoms with E-state index in [0.717, 1.165) is 74.0 Å². The molecule has 1 unspecified atom stereocenters. The van der Waals surface area contributed by atoms with Gasteiger partial charge in [0, 0.05) is 54.4 Å². The van der Waals surface area contributed by atoms with E-state index in [2.05, 4.69) is 37.7 Å². The number of carbonyl (C=O) groups is 3. The zero-order valence-electron chi connectivity index (χ0n) is 24.4. The van der Waals surface area contributed by atoms with Crippen molar-refractivity contribution in [3.63, 3.8) is 0 Å². The van der Waals surface area contributed by atoms with E-state index in [1.807, 2.05) is 36.4 Å². The second-order valence-corrected chi connectivity index (χ2v) is 11.3. The third-order valence-corrected chi connectivity index (χ3v) is 7.99. The zero-order valence-corrected chi connectivity index (χ0v) is 24.4. The first-order chi connectivity index (χ1) is 20.7. The number of anilines is 1. The highest BCUT2D eigenvalue weighted by atomic mass is 16.4. The molecule has 0 saturated carbocycles. The van der Waals surface area contributed by atoms with E-state index in [1.165, 1.54) is 5.56 Å². The van der Waals surface area contributed by atoms with Crippen molar-refractivity contribution in [1.29, 1.82) is 5.26 Å². The molecule has 2 aromatic carbocycles. The minimum Gasteiger partial charge on any atom is -0.465 e. The van der Waals surface area contributed by atoms with Gasteiger partial charge in [0.1, 0.15) is 11.6 Å². The summed E-state index contributed by atoms with van der Waals surface area (Å²) >= 11 is 0. The third kappa shape index (κ3) is 6.98. The summed E-state index contributed by atoms with van der Waals surface area (Å²) in [4.78, 5) is 44.3. The van der Waals surface area contributed by atoms with Crippen LogP contribution in [0.1, 0.15) is 48.4 Å². The number of aromatic nitrogens is 1. The molecule has 11 heteroatoms. The minimum atomic E-state index is -1.34. The first-order valence-corrected chi connectivity index (χ1v) is 14.6. The van der Waals surface area contributed by atoms with Crippen LogP contribution in [-0.4, -0.2) is 71.7 Å². The Morgan fingerprint density at radius 1 is 1.07 bits per heavy atom. The molecule has 1 fully saturated rings. The lowest BCUT2D eigenvalue weighted by Gasteiger charge is -2.36. The largest absolute Gasteiger partial charge is 0.465 e. The molecule has 11 nitrogen and oxygen atoms in total. The molecule has 3 heterocycles. The highest BCUT2D eigenvalue weighted by molar-refractivity contribution is 6.07. The maximum atomic E-state index is 12.7. The number of nitriles is 1. The number of aromatic amines is 1. The fourth-order valence-corrected chi connectivity index (χ4v) is 5.59. The van der Waals surface area contributed by atoms with E-state index in [1.54, 1.807) is 19.9 Å². The lowest BCUT2D eigenvalue weighted by molar-refractivity contribution is -0.123. The molecule has 3 amide bonds. The van der Waals surface area contributed by atoms with E-state index in [0.29, 0.717) is 11.1 Å². The van der Waals surface area contributed by atoms with Crippen LogP contribution in [0.2, 0.25) is 0 Å². The number of imide groups is 1. The van der Waals surface area contributed by atoms with Crippen molar-refractivity contribution in [2.45, 2.75) is 39.2 Å². The molecular weight excluding hydrogens is 548 g/mol. The van der Waals surface area contributed by atoms with Gasteiger partial charge in [0.25, 0.3) is 5.91 Å². The molecule has 2 aromatic heterocycles. The predicted octanol–water partition coefficient (Wildman–Crippen LogP) is 4.48. The average molecular weight is 585 g/mol. The van der Waals surface area contributed by atoms with Crippen LogP contribution < -0.4 is 15.5 Å². The van der Waals surface area contributed by atoms with Crippen molar-refractivity contribution in [3.05, 3.63) is 65.5 Å². The summed E-state index contributed by atoms with van der Waals surface area (Å²) in [5.74, 6) is -1.80. The molecular formula is C32H36N6O5. The molecule has 1 aliphatic heterocycles. The number of hydrogen-bond acceptors (Lipinski definition) is 7. The van der Waals surface area contributed by atoms with Gasteiger partial charge < -0.3 is 24.7 Å². The number of nitrogens with zero attached hydrogens (tertiary/aromatic N) is 3. The Morgan fingerprint density at radius 3 is 2.58 bits per heavy atom. The molecule has 4 aromatic rings. The molecule has 4 N–H and O–H groups in total. The van der Waals surface area contributed by atoms with Crippen LogP contribution in [0.15, 0.2) is 53.1 Å². The number of unbranched alkanes of at least 4 members (excludes halogenated alkanes) is 1. The van der Waals surface area contributed by atoms with E-state index in [4.69, 9.17) is 9.52 Å². The Labute approximate surface area is 249 Å². The monoisotopic (exact) mass is 584 g/mol. The van der Waals surface area contributed by atoms with Crippen molar-refractivity contribution in [1.82, 2.24) is 20.5 Å². The third-order valence-electron chi connectivity index (χ3n) is 7.99. The number of amides is 3. The maximum absolute atomic E-state index is 12.7. The van der Waals surface area contributed by atoms with Crippen molar-refractivity contribution in [3.8, 4) is 6.07 Å². The van der Waals surface area contributed by atoms with Crippen LogP contribution in [0.5, 0.6) is 0 Å². The number of nitrogens with one attached hydrogen (secondary N) is 3. The molecule has 1 aliphatic rings. The molecule has 0 radical (unpaired) electrons. The van der Waals surface area contributed by atoms with Crippen molar-refractivity contribution < 1.29 is 23.9 Å². The lowest BCUT2D eigenvalue weighted by atomic mass is 10.0. The van der Waals surface area contributed by atoms with Crippen molar-refractivity contribution in [2.75, 3.05) is 37.6 Å². The molecule has 0 aliphatic carbocycles. The number of fused-ring (bicyclic) bond motifs is 2. The van der Waals surface area contributed by atoms with Gasteiger partial charge in [-0.25, -0.2) is 4.79 Å². The predicted molar refractivity (Wildman–Crippen MR) is 163 cm³/mol. The molecule has 5 rings (SSSR count). The summed E-state index contributed by atoms with van der Waals surface area (Å²) in [6, 6.07) is 14.3. The van der Waals surface area contributed by atoms with Gasteiger partial charge in [-0.1, -0.05) is 13.8 Å². The molecule has 0 bridgehead atoms. The highest BCUT2D eigenvalue weighted by Gasteiger charge is 2.27. The normalized spacial score (nSPS) is 14.6. The maximum Gasteiger partial charge on any atom is 0.405 e. The van der Waals surface area contributed by atoms with Gasteiger partial charge in [0.05, 0.1) is 11.6 Å². The zero-order chi connectivity index (χ0) is 30.5. The summed E-state index contributed by atoms with van der Waals surface area (Å²) in [5, 5.41) is 24.5. The number of carboxylic acid groups (broad SMARTS) is 1. The fraction of sp³-hybridized carbons (Fsp3) is 0.375. The summed E-state index contributed by atoms with van der Waals surface area (Å²) < 4.78 is 5.68. The van der Waals surface area contributed by atoms with Gasteiger partial charge in [0.2, 0.25) is 5.91 Å². The SMILES string of the molecule is CC(C)C(NC(=O)O)C(=O)NC(=O)c1cc2cc(N3CCN(CCCCc4c[nH]c5ccc(C#N)cc45)CC3)ccc2o1.